The van der Waals surface area contributed by atoms with Crippen LogP contribution in [0.2, 0.25) is 0 Å². The quantitative estimate of drug-likeness (QED) is 0.716. The summed E-state index contributed by atoms with van der Waals surface area (Å²) in [5.41, 5.74) is 1.56. The van der Waals surface area contributed by atoms with Crippen LogP contribution in [0.25, 0.3) is 11.0 Å². The molecule has 0 unspecified atom stereocenters. The molecule has 2 aromatic rings. The van der Waals surface area contributed by atoms with Crippen molar-refractivity contribution in [2.75, 3.05) is 7.11 Å². The molecule has 1 heterocycles. The number of aryl methyl sites for hydroxylation is 2. The van der Waals surface area contributed by atoms with Crippen LogP contribution in [0.5, 0.6) is 5.75 Å². The maximum absolute atomic E-state index is 11.9. The van der Waals surface area contributed by atoms with Crippen molar-refractivity contribution in [2.45, 2.75) is 13.8 Å². The first-order valence-electron chi connectivity index (χ1n) is 4.71. The Morgan fingerprint density at radius 1 is 1.27 bits per heavy atom. The van der Waals surface area contributed by atoms with E-state index in [2.05, 4.69) is 0 Å². The molecule has 0 N–H and O–H groups in total. The third-order valence-electron chi connectivity index (χ3n) is 2.37. The van der Waals surface area contributed by atoms with Gasteiger partial charge in [-0.1, -0.05) is 6.07 Å². The van der Waals surface area contributed by atoms with E-state index in [-0.39, 0.29) is 11.2 Å². The molecule has 2 rings (SSSR count). The molecule has 78 valence electrons. The highest BCUT2D eigenvalue weighted by Gasteiger charge is 2.11. The molecule has 3 heteroatoms. The largest absolute Gasteiger partial charge is 0.490 e. The molecule has 0 fully saturated rings. The second-order valence-electron chi connectivity index (χ2n) is 3.52. The average molecular weight is 204 g/mol. The first-order chi connectivity index (χ1) is 7.13. The van der Waals surface area contributed by atoms with Gasteiger partial charge in [0.25, 0.3) is 0 Å². The Hall–Kier alpha value is -1.77. The number of rotatable bonds is 1. The van der Waals surface area contributed by atoms with E-state index < -0.39 is 0 Å². The smallest absolute Gasteiger partial charge is 0.234 e. The third kappa shape index (κ3) is 1.50. The lowest BCUT2D eigenvalue weighted by molar-refractivity contribution is 0.384. The van der Waals surface area contributed by atoms with Gasteiger partial charge >= 0.3 is 0 Å². The van der Waals surface area contributed by atoms with E-state index in [1.807, 2.05) is 19.1 Å². The highest BCUT2D eigenvalue weighted by molar-refractivity contribution is 5.78. The van der Waals surface area contributed by atoms with Gasteiger partial charge in [-0.05, 0) is 31.5 Å². The predicted octanol–water partition coefficient (Wildman–Crippen LogP) is 2.42. The van der Waals surface area contributed by atoms with E-state index in [9.17, 15) is 4.79 Å². The monoisotopic (exact) mass is 204 g/mol. The van der Waals surface area contributed by atoms with Crippen molar-refractivity contribution in [3.63, 3.8) is 0 Å². The van der Waals surface area contributed by atoms with Crippen LogP contribution in [0.15, 0.2) is 27.4 Å². The van der Waals surface area contributed by atoms with Crippen LogP contribution in [0.3, 0.4) is 0 Å². The Labute approximate surface area is 87.3 Å². The summed E-state index contributed by atoms with van der Waals surface area (Å²) in [7, 11) is 1.47. The van der Waals surface area contributed by atoms with Gasteiger partial charge in [-0.3, -0.25) is 4.79 Å². The van der Waals surface area contributed by atoms with Gasteiger partial charge in [-0.15, -0.1) is 0 Å². The number of ether oxygens (including phenoxy) is 1. The fourth-order valence-corrected chi connectivity index (χ4v) is 1.63. The minimum atomic E-state index is -0.115. The number of hydrogen-bond acceptors (Lipinski definition) is 3. The molecule has 3 nitrogen and oxygen atoms in total. The highest BCUT2D eigenvalue weighted by Crippen LogP contribution is 2.20. The third-order valence-corrected chi connectivity index (χ3v) is 2.37. The highest BCUT2D eigenvalue weighted by atomic mass is 16.5. The molecule has 1 aromatic heterocycles. The first-order valence-corrected chi connectivity index (χ1v) is 4.71. The van der Waals surface area contributed by atoms with E-state index >= 15 is 0 Å². The van der Waals surface area contributed by atoms with Crippen molar-refractivity contribution in [2.24, 2.45) is 0 Å². The molecule has 0 amide bonds. The van der Waals surface area contributed by atoms with Crippen LogP contribution in [-0.2, 0) is 0 Å². The van der Waals surface area contributed by atoms with Crippen LogP contribution < -0.4 is 10.2 Å². The van der Waals surface area contributed by atoms with Crippen molar-refractivity contribution in [1.29, 1.82) is 0 Å². The first kappa shape index (κ1) is 9.77. The van der Waals surface area contributed by atoms with Crippen molar-refractivity contribution in [1.82, 2.24) is 0 Å². The zero-order valence-corrected chi connectivity index (χ0v) is 8.96. The fourth-order valence-electron chi connectivity index (χ4n) is 1.63. The Kier molecular flexibility index (Phi) is 2.23. The van der Waals surface area contributed by atoms with Crippen molar-refractivity contribution >= 4 is 11.0 Å². The van der Waals surface area contributed by atoms with Crippen LogP contribution in [-0.4, -0.2) is 7.11 Å². The molecule has 0 saturated heterocycles. The second kappa shape index (κ2) is 3.42. The summed E-state index contributed by atoms with van der Waals surface area (Å²) in [6.07, 6.45) is 0. The van der Waals surface area contributed by atoms with Crippen molar-refractivity contribution < 1.29 is 9.15 Å². The normalized spacial score (nSPS) is 10.6. The summed E-state index contributed by atoms with van der Waals surface area (Å²) in [6.45, 7) is 3.68. The molecule has 1 aromatic carbocycles. The van der Waals surface area contributed by atoms with Gasteiger partial charge in [-0.25, -0.2) is 0 Å². The van der Waals surface area contributed by atoms with Crippen LogP contribution in [0.4, 0.5) is 0 Å². The molecule has 0 radical (unpaired) electrons. The summed E-state index contributed by atoms with van der Waals surface area (Å²) in [6, 6.07) is 5.50. The maximum Gasteiger partial charge on any atom is 0.234 e. The zero-order chi connectivity index (χ0) is 11.0. The van der Waals surface area contributed by atoms with Gasteiger partial charge in [0.1, 0.15) is 11.3 Å². The minimum Gasteiger partial charge on any atom is -0.490 e. The van der Waals surface area contributed by atoms with Gasteiger partial charge in [-0.2, -0.15) is 0 Å². The topological polar surface area (TPSA) is 39.4 Å². The molecule has 0 spiro atoms. The Morgan fingerprint density at radius 2 is 2.00 bits per heavy atom. The fraction of sp³-hybridized carbons (Fsp3) is 0.250. The van der Waals surface area contributed by atoms with E-state index in [0.29, 0.717) is 16.7 Å². The molecule has 0 aliphatic heterocycles. The number of benzene rings is 1. The lowest BCUT2D eigenvalue weighted by Gasteiger charge is -2.05. The van der Waals surface area contributed by atoms with Gasteiger partial charge in [0.15, 0.2) is 0 Å². The summed E-state index contributed by atoms with van der Waals surface area (Å²) < 4.78 is 10.5. The van der Waals surface area contributed by atoms with Gasteiger partial charge in [0.05, 0.1) is 12.5 Å². The lowest BCUT2D eigenvalue weighted by Crippen LogP contribution is -2.07. The molecule has 0 atom stereocenters. The van der Waals surface area contributed by atoms with E-state index in [4.69, 9.17) is 9.15 Å². The van der Waals surface area contributed by atoms with Crippen LogP contribution in [0, 0.1) is 13.8 Å². The standard InChI is InChI=1S/C12H12O3/c1-7-4-5-9-10(6-7)15-8(2)12(14-3)11(9)13/h4-6H,1-3H3. The zero-order valence-electron chi connectivity index (χ0n) is 8.96. The lowest BCUT2D eigenvalue weighted by atomic mass is 10.1. The SMILES string of the molecule is COc1c(C)oc2cc(C)ccc2c1=O. The Balaban J connectivity index is 2.91. The summed E-state index contributed by atoms with van der Waals surface area (Å²) in [5.74, 6) is 0.798. The minimum absolute atomic E-state index is 0.115. The molecular weight excluding hydrogens is 192 g/mol. The molecule has 0 aliphatic carbocycles. The number of hydrogen-bond donors (Lipinski definition) is 0. The molecular formula is C12H12O3. The summed E-state index contributed by atoms with van der Waals surface area (Å²) in [4.78, 5) is 11.9. The van der Waals surface area contributed by atoms with E-state index in [1.165, 1.54) is 7.11 Å². The van der Waals surface area contributed by atoms with Crippen molar-refractivity contribution in [3.05, 3.63) is 39.7 Å². The molecule has 15 heavy (non-hydrogen) atoms. The van der Waals surface area contributed by atoms with Gasteiger partial charge < -0.3 is 9.15 Å². The van der Waals surface area contributed by atoms with Crippen molar-refractivity contribution in [3.8, 4) is 5.75 Å². The molecule has 0 aliphatic rings. The van der Waals surface area contributed by atoms with Gasteiger partial charge in [0, 0.05) is 0 Å². The summed E-state index contributed by atoms with van der Waals surface area (Å²) in [5, 5.41) is 0.558. The Bertz CT molecular complexity index is 567. The predicted molar refractivity (Wildman–Crippen MR) is 58.5 cm³/mol. The number of fused-ring (bicyclic) bond motifs is 1. The van der Waals surface area contributed by atoms with E-state index in [0.717, 1.165) is 5.56 Å². The van der Waals surface area contributed by atoms with Gasteiger partial charge in [0.2, 0.25) is 11.2 Å². The number of methoxy groups -OCH3 is 1. The second-order valence-corrected chi connectivity index (χ2v) is 3.52. The van der Waals surface area contributed by atoms with Crippen LogP contribution >= 0.6 is 0 Å². The Morgan fingerprint density at radius 3 is 2.67 bits per heavy atom. The van der Waals surface area contributed by atoms with Crippen LogP contribution in [0.1, 0.15) is 11.3 Å². The average Bonchev–Trinajstić information content (AvgIpc) is 2.17. The molecule has 0 saturated carbocycles. The molecule has 0 bridgehead atoms. The summed E-state index contributed by atoms with van der Waals surface area (Å²) >= 11 is 0. The van der Waals surface area contributed by atoms with E-state index in [1.54, 1.807) is 13.0 Å². The maximum atomic E-state index is 11.9.